The summed E-state index contributed by atoms with van der Waals surface area (Å²) in [6, 6.07) is 14.8. The Morgan fingerprint density at radius 2 is 1.00 bits per heavy atom. The molecule has 0 aliphatic carbocycles. The molecule has 2 amide bonds. The standard InChI is InChI=1S/C22H32FN3O4S.C21H30FN3O2.CH3ClO2S/c1-3-30-22(27)25-19-8-9-20(25)15-21(14-19)24-12-10-18(11-13-24)26(31(2,28)29)17-6-4-16(23)5-7-17;1-2-27-21(26)25-18-7-8-19(25)14-20(13-18)24-11-9-17(10-12-24)23-16-5-3-15(22)4-6-16;1-5(2,3)4/h4-7,18-21H,3,8-15H2,1-2H3;3-6,17-20,23H,2,7-14H2,1H3;1H3. The highest BCUT2D eigenvalue weighted by Crippen LogP contribution is 2.40. The van der Waals surface area contributed by atoms with Crippen molar-refractivity contribution in [1.82, 2.24) is 19.6 Å². The number of hydrogen-bond donors (Lipinski definition) is 1. The number of anilines is 2. The van der Waals surface area contributed by atoms with Crippen molar-refractivity contribution in [2.75, 3.05) is 61.5 Å². The molecule has 6 aliphatic rings. The molecule has 4 unspecified atom stereocenters. The topological polar surface area (TPSA) is 149 Å². The molecule has 6 fully saturated rings. The summed E-state index contributed by atoms with van der Waals surface area (Å²) >= 11 is 0. The Hall–Kier alpha value is -3.45. The molecule has 2 aromatic carbocycles. The van der Waals surface area contributed by atoms with E-state index in [4.69, 9.17) is 9.47 Å². The maximum absolute atomic E-state index is 13.3. The average molecular weight is 944 g/mol. The monoisotopic (exact) mass is 942 g/mol. The molecule has 0 spiro atoms. The number of nitrogens with one attached hydrogen (secondary N) is 1. The summed E-state index contributed by atoms with van der Waals surface area (Å²) in [5.41, 5.74) is 1.51. The number of sulfonamides is 1. The van der Waals surface area contributed by atoms with Gasteiger partial charge in [-0.3, -0.25) is 4.31 Å². The second-order valence-electron chi connectivity index (χ2n) is 17.7. The van der Waals surface area contributed by atoms with Crippen molar-refractivity contribution in [1.29, 1.82) is 0 Å². The molecule has 4 atom stereocenters. The molecule has 0 radical (unpaired) electrons. The highest BCUT2D eigenvalue weighted by Gasteiger charge is 2.47. The highest BCUT2D eigenvalue weighted by molar-refractivity contribution is 8.13. The summed E-state index contributed by atoms with van der Waals surface area (Å²) in [5, 5.41) is 3.53. The van der Waals surface area contributed by atoms with Gasteiger partial charge in [-0.25, -0.2) is 35.2 Å². The predicted molar refractivity (Wildman–Crippen MR) is 241 cm³/mol. The SMILES string of the molecule is CCOC(=O)N1C2CCC1CC(N1CCC(N(c3ccc(F)cc3)S(C)(=O)=O)CC1)C2.CCOC(=O)N1C2CCC1CC(N1CCC(Nc3ccc(F)cc3)CC1)C2.CS(=O)(=O)Cl. The Kier molecular flexibility index (Phi) is 16.9. The van der Waals surface area contributed by atoms with Crippen molar-refractivity contribution in [3.05, 3.63) is 60.2 Å². The Bertz CT molecular complexity index is 2000. The minimum absolute atomic E-state index is 0.120. The van der Waals surface area contributed by atoms with Crippen LogP contribution in [0.1, 0.15) is 90.9 Å². The van der Waals surface area contributed by atoms with Crippen LogP contribution in [0.25, 0.3) is 0 Å². The molecule has 6 saturated heterocycles. The second-order valence-corrected chi connectivity index (χ2v) is 22.6. The minimum Gasteiger partial charge on any atom is -0.450 e. The number of rotatable bonds is 9. The number of halogens is 3. The van der Waals surface area contributed by atoms with Crippen LogP contribution in [0.3, 0.4) is 0 Å². The number of hydrogen-bond acceptors (Lipinski definition) is 11. The molecule has 6 heterocycles. The lowest BCUT2D eigenvalue weighted by molar-refractivity contribution is 0.0341. The lowest BCUT2D eigenvalue weighted by Gasteiger charge is -2.46. The number of fused-ring (bicyclic) bond motifs is 4. The van der Waals surface area contributed by atoms with Gasteiger partial charge in [0, 0.05) is 90.9 Å². The summed E-state index contributed by atoms with van der Waals surface area (Å²) in [4.78, 5) is 33.6. The first-order valence-corrected chi connectivity index (χ1v) is 27.0. The minimum atomic E-state index is -3.47. The van der Waals surface area contributed by atoms with E-state index in [1.165, 1.54) is 47.0 Å². The number of likely N-dealkylation sites (tertiary alicyclic amines) is 2. The van der Waals surface area contributed by atoms with Crippen LogP contribution >= 0.6 is 10.7 Å². The van der Waals surface area contributed by atoms with Gasteiger partial charge in [0.25, 0.3) is 0 Å². The van der Waals surface area contributed by atoms with Crippen molar-refractivity contribution in [3.63, 3.8) is 0 Å². The number of ether oxygens (including phenoxy) is 2. The zero-order chi connectivity index (χ0) is 45.5. The van der Waals surface area contributed by atoms with Gasteiger partial charge in [-0.2, -0.15) is 0 Å². The van der Waals surface area contributed by atoms with Crippen molar-refractivity contribution in [2.24, 2.45) is 0 Å². The van der Waals surface area contributed by atoms with Crippen molar-refractivity contribution in [3.8, 4) is 0 Å². The van der Waals surface area contributed by atoms with Gasteiger partial charge in [-0.15, -0.1) is 0 Å². The first-order chi connectivity index (χ1) is 29.9. The van der Waals surface area contributed by atoms with E-state index in [1.54, 1.807) is 0 Å². The maximum atomic E-state index is 13.3. The molecule has 6 aliphatic heterocycles. The van der Waals surface area contributed by atoms with Crippen LogP contribution in [-0.4, -0.2) is 149 Å². The van der Waals surface area contributed by atoms with Gasteiger partial charge in [0.1, 0.15) is 11.6 Å². The number of carbonyl (C=O) groups is 2. The Morgan fingerprint density at radius 3 is 1.37 bits per heavy atom. The van der Waals surface area contributed by atoms with E-state index in [2.05, 4.69) is 25.8 Å². The van der Waals surface area contributed by atoms with Gasteiger partial charge in [-0.05, 0) is 139 Å². The van der Waals surface area contributed by atoms with Gasteiger partial charge in [0.2, 0.25) is 19.1 Å². The quantitative estimate of drug-likeness (QED) is 0.254. The molecule has 14 nitrogen and oxygen atoms in total. The fourth-order valence-corrected chi connectivity index (χ4v) is 12.1. The summed E-state index contributed by atoms with van der Waals surface area (Å²) in [6.45, 7) is 8.37. The van der Waals surface area contributed by atoms with Crippen molar-refractivity contribution in [2.45, 2.75) is 139 Å². The molecule has 4 bridgehead atoms. The van der Waals surface area contributed by atoms with Gasteiger partial charge in [-0.1, -0.05) is 0 Å². The fraction of sp³-hybridized carbons (Fsp3) is 0.682. The Morgan fingerprint density at radius 1 is 0.635 bits per heavy atom. The van der Waals surface area contributed by atoms with Crippen molar-refractivity contribution < 1.29 is 44.7 Å². The third-order valence-corrected chi connectivity index (χ3v) is 14.6. The predicted octanol–water partition coefficient (Wildman–Crippen LogP) is 7.25. The molecule has 8 rings (SSSR count). The number of amides is 2. The zero-order valence-electron chi connectivity index (χ0n) is 36.9. The number of carbonyl (C=O) groups excluding carboxylic acids is 2. The molecule has 0 saturated carbocycles. The average Bonchev–Trinajstić information content (AvgIpc) is 3.66. The van der Waals surface area contributed by atoms with E-state index >= 15 is 0 Å². The summed E-state index contributed by atoms with van der Waals surface area (Å²) in [5.74, 6) is -0.574. The van der Waals surface area contributed by atoms with Crippen molar-refractivity contribution >= 4 is 53.3 Å². The van der Waals surface area contributed by atoms with E-state index in [0.717, 1.165) is 115 Å². The summed E-state index contributed by atoms with van der Waals surface area (Å²) < 4.78 is 82.2. The smallest absolute Gasteiger partial charge is 0.410 e. The van der Waals surface area contributed by atoms with E-state index in [-0.39, 0.29) is 41.9 Å². The van der Waals surface area contributed by atoms with Crippen LogP contribution in [-0.2, 0) is 28.5 Å². The highest BCUT2D eigenvalue weighted by atomic mass is 35.7. The number of nitrogens with zero attached hydrogens (tertiary/aromatic N) is 5. The molecule has 1 N–H and O–H groups in total. The van der Waals surface area contributed by atoms with Gasteiger partial charge >= 0.3 is 12.2 Å². The van der Waals surface area contributed by atoms with Crippen LogP contribution in [0.2, 0.25) is 0 Å². The Labute approximate surface area is 377 Å². The molecular weight excluding hydrogens is 878 g/mol. The molecule has 352 valence electrons. The normalized spacial score (nSPS) is 26.8. The number of benzene rings is 2. The molecule has 2 aromatic rings. The largest absolute Gasteiger partial charge is 0.450 e. The lowest BCUT2D eigenvalue weighted by Crippen LogP contribution is -2.55. The van der Waals surface area contributed by atoms with Crippen LogP contribution in [0, 0.1) is 11.6 Å². The Balaban J connectivity index is 0.000000191. The lowest BCUT2D eigenvalue weighted by atomic mass is 9.93. The molecule has 0 aromatic heterocycles. The van der Waals surface area contributed by atoms with Gasteiger partial charge in [0.05, 0.1) is 31.4 Å². The zero-order valence-corrected chi connectivity index (χ0v) is 39.3. The van der Waals surface area contributed by atoms with E-state index in [1.807, 2.05) is 35.8 Å². The first-order valence-electron chi connectivity index (χ1n) is 22.5. The van der Waals surface area contributed by atoms with Gasteiger partial charge < -0.3 is 34.4 Å². The number of piperidine rings is 4. The van der Waals surface area contributed by atoms with Crippen LogP contribution in [0.5, 0.6) is 0 Å². The van der Waals surface area contributed by atoms with E-state index in [0.29, 0.717) is 49.1 Å². The first kappa shape index (κ1) is 49.0. The molecule has 19 heteroatoms. The summed E-state index contributed by atoms with van der Waals surface area (Å²) in [7, 11) is -2.16. The van der Waals surface area contributed by atoms with E-state index < -0.39 is 19.1 Å². The maximum Gasteiger partial charge on any atom is 0.410 e. The fourth-order valence-electron chi connectivity index (χ4n) is 10.8. The summed E-state index contributed by atoms with van der Waals surface area (Å²) in [6.07, 6.45) is 13.8. The van der Waals surface area contributed by atoms with Crippen LogP contribution < -0.4 is 9.62 Å². The third kappa shape index (κ3) is 13.3. The third-order valence-electron chi connectivity index (χ3n) is 13.4. The molecule has 63 heavy (non-hydrogen) atoms. The van der Waals surface area contributed by atoms with Crippen LogP contribution in [0.4, 0.5) is 29.7 Å². The second kappa shape index (κ2) is 21.7. The van der Waals surface area contributed by atoms with E-state index in [9.17, 15) is 35.2 Å². The van der Waals surface area contributed by atoms with Crippen LogP contribution in [0.15, 0.2) is 48.5 Å². The molecular formula is C44H65ClF2N6O8S2. The van der Waals surface area contributed by atoms with Gasteiger partial charge in [0.15, 0.2) is 0 Å².